The molecule has 0 bridgehead atoms. The first kappa shape index (κ1) is 15.2. The second-order valence-electron chi connectivity index (χ2n) is 5.51. The lowest BCUT2D eigenvalue weighted by Crippen LogP contribution is -2.10. The van der Waals surface area contributed by atoms with Crippen molar-refractivity contribution in [2.75, 3.05) is 19.8 Å². The van der Waals surface area contributed by atoms with Crippen molar-refractivity contribution in [1.82, 2.24) is 0 Å². The molecule has 0 unspecified atom stereocenters. The van der Waals surface area contributed by atoms with E-state index in [0.29, 0.717) is 12.3 Å². The molecule has 18 heavy (non-hydrogen) atoms. The monoisotopic (exact) mass is 255 g/mol. The Morgan fingerprint density at radius 3 is 2.33 bits per heavy atom. The van der Waals surface area contributed by atoms with E-state index in [1.54, 1.807) is 26.7 Å². The predicted octanol–water partition coefficient (Wildman–Crippen LogP) is 2.06. The van der Waals surface area contributed by atoms with E-state index in [4.69, 9.17) is 5.11 Å². The summed E-state index contributed by atoms with van der Waals surface area (Å²) >= 11 is 0. The molecule has 4 nitrogen and oxygen atoms in total. The highest BCUT2D eigenvalue weighted by atomic mass is 16.5. The molecule has 0 radical (unpaired) electrons. The van der Waals surface area contributed by atoms with Crippen LogP contribution >= 0.6 is 0 Å². The smallest absolute Gasteiger partial charge is 0.327 e. The van der Waals surface area contributed by atoms with E-state index in [1.807, 2.05) is 0 Å². The van der Waals surface area contributed by atoms with Gasteiger partial charge in [-0.15, -0.1) is 0 Å². The van der Waals surface area contributed by atoms with Crippen LogP contribution in [-0.4, -0.2) is 36.5 Å². The number of nitrogens with zero attached hydrogens (tertiary/aromatic N) is 1. The van der Waals surface area contributed by atoms with E-state index in [1.165, 1.54) is 5.92 Å². The van der Waals surface area contributed by atoms with Gasteiger partial charge in [-0.3, -0.25) is 9.79 Å². The molecule has 0 spiro atoms. The van der Waals surface area contributed by atoms with Crippen LogP contribution in [0.3, 0.4) is 0 Å². The van der Waals surface area contributed by atoms with Gasteiger partial charge in [0.15, 0.2) is 0 Å². The fourth-order valence-corrected chi connectivity index (χ4v) is 2.14. The summed E-state index contributed by atoms with van der Waals surface area (Å²) < 4.78 is 4.61. The summed E-state index contributed by atoms with van der Waals surface area (Å²) in [6.07, 6.45) is 3.12. The number of rotatable bonds is 5. The molecular weight excluding hydrogens is 230 g/mol. The summed E-state index contributed by atoms with van der Waals surface area (Å²) in [5.74, 6) is 1.81. The Morgan fingerprint density at radius 2 is 2.06 bits per heavy atom. The van der Waals surface area contributed by atoms with E-state index in [0.717, 1.165) is 11.3 Å². The molecule has 1 N–H and O–H groups in total. The fraction of sp³-hybridized carbons (Fsp3) is 0.857. The minimum atomic E-state index is -0.361. The van der Waals surface area contributed by atoms with E-state index in [2.05, 4.69) is 23.6 Å². The number of hydrogen-bond acceptors (Lipinski definition) is 4. The second-order valence-corrected chi connectivity index (χ2v) is 5.51. The number of hydrogen-bond donors (Lipinski definition) is 1. The van der Waals surface area contributed by atoms with Gasteiger partial charge < -0.3 is 9.84 Å². The van der Waals surface area contributed by atoms with Crippen molar-refractivity contribution in [2.45, 2.75) is 40.5 Å². The quantitative estimate of drug-likeness (QED) is 0.604. The van der Waals surface area contributed by atoms with Crippen molar-refractivity contribution in [3.63, 3.8) is 0 Å². The van der Waals surface area contributed by atoms with Gasteiger partial charge >= 0.3 is 5.97 Å². The summed E-state index contributed by atoms with van der Waals surface area (Å²) in [5, 5.41) is 8.49. The molecule has 0 aliphatic heterocycles. The molecule has 2 rings (SSSR count). The predicted molar refractivity (Wildman–Crippen MR) is 71.7 cm³/mol. The average molecular weight is 255 g/mol. The van der Waals surface area contributed by atoms with Crippen LogP contribution in [0.5, 0.6) is 0 Å². The molecule has 2 aliphatic carbocycles. The zero-order valence-electron chi connectivity index (χ0n) is 11.9. The van der Waals surface area contributed by atoms with Crippen LogP contribution in [0, 0.1) is 17.3 Å². The number of esters is 1. The van der Waals surface area contributed by atoms with Crippen molar-refractivity contribution in [2.24, 2.45) is 22.2 Å². The number of carbonyl (C=O) groups is 1. The average Bonchev–Trinajstić information content (AvgIpc) is 3.15. The Bertz CT molecular complexity index is 317. The van der Waals surface area contributed by atoms with Crippen LogP contribution in [0.25, 0.3) is 0 Å². The Hall–Kier alpha value is -0.900. The first-order valence-corrected chi connectivity index (χ1v) is 6.72. The zero-order chi connectivity index (χ0) is 13.8. The fourth-order valence-electron chi connectivity index (χ4n) is 2.14. The van der Waals surface area contributed by atoms with Gasteiger partial charge in [0.2, 0.25) is 0 Å². The molecule has 2 fully saturated rings. The molecule has 0 aromatic heterocycles. The van der Waals surface area contributed by atoms with Gasteiger partial charge in [-0.25, -0.2) is 0 Å². The highest BCUT2D eigenvalue weighted by Gasteiger charge is 2.70. The molecule has 0 atom stereocenters. The molecule has 0 amide bonds. The first-order valence-electron chi connectivity index (χ1n) is 6.72. The van der Waals surface area contributed by atoms with Crippen molar-refractivity contribution < 1.29 is 14.6 Å². The van der Waals surface area contributed by atoms with E-state index >= 15 is 0 Å². The van der Waals surface area contributed by atoms with Gasteiger partial charge in [0, 0.05) is 5.71 Å². The third kappa shape index (κ3) is 4.09. The molecule has 0 heterocycles. The summed E-state index contributed by atoms with van der Waals surface area (Å²) in [6.45, 7) is 8.35. The maximum absolute atomic E-state index is 10.7. The second kappa shape index (κ2) is 6.32. The lowest BCUT2D eigenvalue weighted by Gasteiger charge is -2.04. The maximum Gasteiger partial charge on any atom is 0.327 e. The van der Waals surface area contributed by atoms with Crippen LogP contribution in [-0.2, 0) is 9.53 Å². The van der Waals surface area contributed by atoms with Crippen molar-refractivity contribution in [1.29, 1.82) is 0 Å². The molecule has 0 aromatic carbocycles. The molecule has 0 aromatic rings. The van der Waals surface area contributed by atoms with E-state index in [-0.39, 0.29) is 19.1 Å². The summed E-state index contributed by atoms with van der Waals surface area (Å²) in [7, 11) is 0. The molecule has 4 heteroatoms. The number of aliphatic hydroxyl groups is 1. The van der Waals surface area contributed by atoms with Gasteiger partial charge in [-0.2, -0.15) is 0 Å². The molecule has 104 valence electrons. The van der Waals surface area contributed by atoms with Gasteiger partial charge in [-0.1, -0.05) is 13.8 Å². The molecule has 2 aliphatic rings. The Labute approximate surface area is 109 Å². The first-order chi connectivity index (χ1) is 8.46. The van der Waals surface area contributed by atoms with E-state index < -0.39 is 0 Å². The number of aliphatic hydroxyl groups excluding tert-OH is 1. The van der Waals surface area contributed by atoms with Crippen LogP contribution in [0.15, 0.2) is 4.99 Å². The number of aliphatic imine (C=N–C) groups is 1. The minimum absolute atomic E-state index is 0.000231. The highest BCUT2D eigenvalue weighted by Crippen LogP contribution is 2.78. The normalized spacial score (nSPS) is 28.1. The Balaban J connectivity index is 0.000000194. The molecular formula is C14H25NO3. The van der Waals surface area contributed by atoms with Crippen LogP contribution in [0.2, 0.25) is 0 Å². The van der Waals surface area contributed by atoms with Crippen LogP contribution in [0.1, 0.15) is 40.5 Å². The van der Waals surface area contributed by atoms with Gasteiger partial charge in [0.25, 0.3) is 0 Å². The lowest BCUT2D eigenvalue weighted by atomic mass is 10.0. The number of ether oxygens (including phenoxy) is 1. The third-order valence-electron chi connectivity index (χ3n) is 3.91. The minimum Gasteiger partial charge on any atom is -0.465 e. The van der Waals surface area contributed by atoms with Gasteiger partial charge in [0.05, 0.1) is 13.2 Å². The number of carbonyl (C=O) groups excluding carboxylic acids is 1. The Kier molecular flexibility index (Phi) is 5.32. The highest BCUT2D eigenvalue weighted by molar-refractivity contribution is 5.85. The topological polar surface area (TPSA) is 58.9 Å². The van der Waals surface area contributed by atoms with Crippen molar-refractivity contribution in [3.05, 3.63) is 0 Å². The van der Waals surface area contributed by atoms with Crippen LogP contribution < -0.4 is 0 Å². The zero-order valence-corrected chi connectivity index (χ0v) is 11.9. The van der Waals surface area contributed by atoms with Crippen molar-refractivity contribution in [3.8, 4) is 0 Å². The van der Waals surface area contributed by atoms with Crippen molar-refractivity contribution >= 4 is 11.7 Å². The Morgan fingerprint density at radius 1 is 1.50 bits per heavy atom. The lowest BCUT2D eigenvalue weighted by molar-refractivity contribution is -0.141. The third-order valence-corrected chi connectivity index (χ3v) is 3.91. The van der Waals surface area contributed by atoms with Gasteiger partial charge in [-0.05, 0) is 43.9 Å². The summed E-state index contributed by atoms with van der Waals surface area (Å²) in [5.41, 5.74) is 1.46. The maximum atomic E-state index is 10.7. The molecule has 2 saturated carbocycles. The van der Waals surface area contributed by atoms with E-state index in [9.17, 15) is 4.79 Å². The number of fused-ring (bicyclic) bond motifs is 1. The standard InChI is InChI=1S/C7H13NO3.C7H12/c1-3-11-7(10)4-8-6(2)5-9;1-5(2)7-3-6(7)4-7/h9H,3-5H2,1-2H3;5-6H,3-4H2,1-2H3. The van der Waals surface area contributed by atoms with Gasteiger partial charge in [0.1, 0.15) is 6.54 Å². The summed E-state index contributed by atoms with van der Waals surface area (Å²) in [6, 6.07) is 0. The molecule has 0 saturated heterocycles. The van der Waals surface area contributed by atoms with Crippen LogP contribution in [0.4, 0.5) is 0 Å². The summed E-state index contributed by atoms with van der Waals surface area (Å²) in [4.78, 5) is 14.4. The SMILES string of the molecule is CC(C)C12CC1C2.CCOC(=O)CN=C(C)CO. The largest absolute Gasteiger partial charge is 0.465 e.